The molecule has 0 saturated carbocycles. The Morgan fingerprint density at radius 3 is 2.44 bits per heavy atom. The summed E-state index contributed by atoms with van der Waals surface area (Å²) in [5.41, 5.74) is 4.33. The Balaban J connectivity index is 0.00000456. The predicted molar refractivity (Wildman–Crippen MR) is 122 cm³/mol. The van der Waals surface area contributed by atoms with Crippen molar-refractivity contribution in [1.82, 2.24) is 19.9 Å². The molecule has 16 heteroatoms. The Morgan fingerprint density at radius 1 is 1.22 bits per heavy atom. The van der Waals surface area contributed by atoms with Gasteiger partial charge in [-0.1, -0.05) is 6.92 Å². The molecule has 2 aromatic rings. The standard InChI is InChI=1S/C20H25N5O10.ClH/c1-7(13(28)9-3-2-8(26)6-22-9)11(21)17(31)24-12(19(32)33)16-14(29)15(30)18(35-16)25-5-4-10(27)23-20(25)34;/h2-7,11-16,18,26,28-30H,21H2,1H3,(H,24,31)(H,32,33)(H,23,27,34);1H/t7-,11-,12-,13-,14-,15+,16+,18+;/m0./s1. The number of nitrogens with one attached hydrogen (secondary N) is 2. The lowest BCUT2D eigenvalue weighted by Gasteiger charge is -2.28. The molecule has 1 aliphatic heterocycles. The molecule has 36 heavy (non-hydrogen) atoms. The first-order chi connectivity index (χ1) is 16.4. The summed E-state index contributed by atoms with van der Waals surface area (Å²) in [6.07, 6.45) is -6.15. The predicted octanol–water partition coefficient (Wildman–Crippen LogP) is -3.06. The number of carboxylic acid groups (broad SMARTS) is 1. The summed E-state index contributed by atoms with van der Waals surface area (Å²) in [6, 6.07) is 0.215. The smallest absolute Gasteiger partial charge is 0.330 e. The Morgan fingerprint density at radius 2 is 1.89 bits per heavy atom. The van der Waals surface area contributed by atoms with Crippen LogP contribution in [0.4, 0.5) is 0 Å². The van der Waals surface area contributed by atoms with Gasteiger partial charge in [0.1, 0.15) is 30.2 Å². The third-order valence-corrected chi connectivity index (χ3v) is 5.73. The average Bonchev–Trinajstić information content (AvgIpc) is 3.10. The zero-order chi connectivity index (χ0) is 26.0. The van der Waals surface area contributed by atoms with Crippen molar-refractivity contribution in [3.8, 4) is 5.75 Å². The molecular weight excluding hydrogens is 506 g/mol. The number of halogens is 1. The van der Waals surface area contributed by atoms with Crippen LogP contribution in [0.15, 0.2) is 40.2 Å². The fourth-order valence-electron chi connectivity index (χ4n) is 3.63. The second-order valence-electron chi connectivity index (χ2n) is 8.09. The number of H-pyrrole nitrogens is 1. The average molecular weight is 532 g/mol. The molecule has 1 amide bonds. The van der Waals surface area contributed by atoms with E-state index in [1.165, 1.54) is 19.1 Å². The van der Waals surface area contributed by atoms with Crippen LogP contribution in [0.5, 0.6) is 5.75 Å². The number of nitrogens with two attached hydrogens (primary N) is 1. The van der Waals surface area contributed by atoms with Gasteiger partial charge in [0.2, 0.25) is 5.91 Å². The lowest BCUT2D eigenvalue weighted by Crippen LogP contribution is -2.57. The number of aliphatic carboxylic acids is 1. The molecule has 0 aromatic carbocycles. The van der Waals surface area contributed by atoms with Crippen LogP contribution in [0.1, 0.15) is 24.9 Å². The van der Waals surface area contributed by atoms with Gasteiger partial charge in [-0.2, -0.15) is 0 Å². The Kier molecular flexibility index (Phi) is 9.31. The van der Waals surface area contributed by atoms with Gasteiger partial charge in [-0.05, 0) is 12.1 Å². The van der Waals surface area contributed by atoms with Gasteiger partial charge in [-0.3, -0.25) is 24.1 Å². The number of aromatic nitrogens is 3. The van der Waals surface area contributed by atoms with Crippen molar-refractivity contribution in [1.29, 1.82) is 0 Å². The first kappa shape index (κ1) is 28.9. The van der Waals surface area contributed by atoms with E-state index in [2.05, 4.69) is 10.3 Å². The maximum absolute atomic E-state index is 12.7. The number of carbonyl (C=O) groups is 2. The second kappa shape index (κ2) is 11.6. The molecule has 1 saturated heterocycles. The summed E-state index contributed by atoms with van der Waals surface area (Å²) >= 11 is 0. The molecule has 3 heterocycles. The third kappa shape index (κ3) is 5.89. The summed E-state index contributed by atoms with van der Waals surface area (Å²) in [4.78, 5) is 53.7. The number of hydrogen-bond acceptors (Lipinski definition) is 11. The van der Waals surface area contributed by atoms with E-state index in [-0.39, 0.29) is 23.9 Å². The lowest BCUT2D eigenvalue weighted by atomic mass is 9.92. The van der Waals surface area contributed by atoms with Gasteiger partial charge in [0.25, 0.3) is 5.56 Å². The lowest BCUT2D eigenvalue weighted by molar-refractivity contribution is -0.149. The molecule has 3 rings (SSSR count). The van der Waals surface area contributed by atoms with Gasteiger partial charge in [0, 0.05) is 18.2 Å². The Bertz CT molecular complexity index is 1190. The molecule has 1 aliphatic rings. The molecule has 0 unspecified atom stereocenters. The second-order valence-corrected chi connectivity index (χ2v) is 8.09. The first-order valence-electron chi connectivity index (χ1n) is 10.4. The SMILES string of the molecule is C[C@@H]([C@H](N)C(=O)N[C@H](C(=O)O)[C@H]1O[C@@H](n2ccc(=O)[nH]c2=O)[C@H](O)[C@@H]1O)[C@H](O)c1ccc(O)cn1.Cl. The number of ether oxygens (including phenoxy) is 1. The highest BCUT2D eigenvalue weighted by Gasteiger charge is 2.50. The van der Waals surface area contributed by atoms with Crippen LogP contribution in [0.25, 0.3) is 0 Å². The van der Waals surface area contributed by atoms with E-state index in [1.54, 1.807) is 0 Å². The molecule has 15 nitrogen and oxygen atoms in total. The zero-order valence-electron chi connectivity index (χ0n) is 18.7. The van der Waals surface area contributed by atoms with Crippen LogP contribution >= 0.6 is 12.4 Å². The number of aromatic hydroxyl groups is 1. The van der Waals surface area contributed by atoms with E-state index in [0.717, 1.165) is 23.0 Å². The first-order valence-corrected chi connectivity index (χ1v) is 10.4. The number of nitrogens with zero attached hydrogens (tertiary/aromatic N) is 2. The van der Waals surface area contributed by atoms with Crippen LogP contribution in [0.2, 0.25) is 0 Å². The quantitative estimate of drug-likeness (QED) is 0.169. The number of carbonyl (C=O) groups excluding carboxylic acids is 1. The number of pyridine rings is 1. The van der Waals surface area contributed by atoms with Crippen molar-refractivity contribution in [2.75, 3.05) is 0 Å². The van der Waals surface area contributed by atoms with E-state index in [0.29, 0.717) is 0 Å². The van der Waals surface area contributed by atoms with Crippen molar-refractivity contribution in [3.05, 3.63) is 57.1 Å². The fourth-order valence-corrected chi connectivity index (χ4v) is 3.63. The van der Waals surface area contributed by atoms with E-state index in [4.69, 9.17) is 10.5 Å². The number of amides is 1. The topological polar surface area (TPSA) is 250 Å². The number of aliphatic hydroxyl groups is 3. The molecular formula is C20H26ClN5O10. The summed E-state index contributed by atoms with van der Waals surface area (Å²) in [5.74, 6) is -3.75. The van der Waals surface area contributed by atoms with Crippen LogP contribution in [-0.2, 0) is 14.3 Å². The number of aromatic amines is 1. The summed E-state index contributed by atoms with van der Waals surface area (Å²) in [6.45, 7) is 1.42. The van der Waals surface area contributed by atoms with Crippen molar-refractivity contribution < 1.29 is 39.9 Å². The zero-order valence-corrected chi connectivity index (χ0v) is 19.5. The third-order valence-electron chi connectivity index (χ3n) is 5.73. The molecule has 2 aromatic heterocycles. The molecule has 0 aliphatic carbocycles. The highest BCUT2D eigenvalue weighted by atomic mass is 35.5. The van der Waals surface area contributed by atoms with E-state index in [1.807, 2.05) is 4.98 Å². The molecule has 0 bridgehead atoms. The van der Waals surface area contributed by atoms with Gasteiger partial charge < -0.3 is 41.3 Å². The molecule has 0 radical (unpaired) electrons. The summed E-state index contributed by atoms with van der Waals surface area (Å²) < 4.78 is 6.16. The van der Waals surface area contributed by atoms with Crippen LogP contribution in [0.3, 0.4) is 0 Å². The minimum Gasteiger partial charge on any atom is -0.506 e. The molecule has 198 valence electrons. The minimum absolute atomic E-state index is 0. The number of aliphatic hydroxyl groups excluding tert-OH is 3. The Labute approximate surface area is 208 Å². The van der Waals surface area contributed by atoms with Crippen molar-refractivity contribution in [2.24, 2.45) is 11.7 Å². The molecule has 0 spiro atoms. The van der Waals surface area contributed by atoms with Crippen molar-refractivity contribution >= 4 is 24.3 Å². The monoisotopic (exact) mass is 531 g/mol. The minimum atomic E-state index is -1.90. The summed E-state index contributed by atoms with van der Waals surface area (Å²) in [7, 11) is 0. The number of hydrogen-bond donors (Lipinski definition) is 8. The summed E-state index contributed by atoms with van der Waals surface area (Å²) in [5, 5.41) is 52.3. The highest BCUT2D eigenvalue weighted by molar-refractivity contribution is 5.87. The number of rotatable bonds is 8. The van der Waals surface area contributed by atoms with E-state index >= 15 is 0 Å². The van der Waals surface area contributed by atoms with Crippen LogP contribution in [-0.4, -0.2) is 82.3 Å². The highest BCUT2D eigenvalue weighted by Crippen LogP contribution is 2.30. The van der Waals surface area contributed by atoms with Gasteiger partial charge >= 0.3 is 11.7 Å². The maximum atomic E-state index is 12.7. The van der Waals surface area contributed by atoms with Crippen molar-refractivity contribution in [2.45, 2.75) is 49.7 Å². The molecule has 9 N–H and O–H groups in total. The van der Waals surface area contributed by atoms with Gasteiger partial charge in [-0.25, -0.2) is 9.59 Å². The maximum Gasteiger partial charge on any atom is 0.330 e. The van der Waals surface area contributed by atoms with E-state index in [9.17, 15) is 44.7 Å². The van der Waals surface area contributed by atoms with Gasteiger partial charge in [0.15, 0.2) is 12.3 Å². The Hall–Kier alpha value is -3.34. The van der Waals surface area contributed by atoms with E-state index < -0.39 is 71.8 Å². The van der Waals surface area contributed by atoms with Gasteiger partial charge in [0.05, 0.1) is 17.9 Å². The largest absolute Gasteiger partial charge is 0.506 e. The fraction of sp³-hybridized carbons (Fsp3) is 0.450. The normalized spacial score (nSPS) is 24.7. The van der Waals surface area contributed by atoms with Crippen LogP contribution < -0.4 is 22.3 Å². The van der Waals surface area contributed by atoms with Crippen LogP contribution in [0, 0.1) is 5.92 Å². The molecule has 1 fully saturated rings. The molecule has 8 atom stereocenters. The van der Waals surface area contributed by atoms with Crippen molar-refractivity contribution in [3.63, 3.8) is 0 Å². The van der Waals surface area contributed by atoms with Gasteiger partial charge in [-0.15, -0.1) is 12.4 Å². The number of carboxylic acids is 1.